The van der Waals surface area contributed by atoms with Gasteiger partial charge in [0, 0.05) is 39.7 Å². The molecule has 3 nitrogen and oxygen atoms in total. The average Bonchev–Trinajstić information content (AvgIpc) is 2.84. The molecule has 0 N–H and O–H groups in total. The van der Waals surface area contributed by atoms with Gasteiger partial charge in [0.15, 0.2) is 0 Å². The molecule has 146 valence electrons. The van der Waals surface area contributed by atoms with E-state index in [1.54, 1.807) is 0 Å². The minimum atomic E-state index is 0.889. The van der Waals surface area contributed by atoms with Gasteiger partial charge in [0.2, 0.25) is 0 Å². The van der Waals surface area contributed by atoms with E-state index in [1.807, 2.05) is 30.6 Å². The number of aromatic nitrogens is 3. The molecule has 0 bridgehead atoms. The van der Waals surface area contributed by atoms with Crippen LogP contribution in [-0.4, -0.2) is 15.0 Å². The Labute approximate surface area is 180 Å². The molecular weight excluding hydrogens is 378 g/mol. The summed E-state index contributed by atoms with van der Waals surface area (Å²) in [6, 6.07) is 29.5. The predicted molar refractivity (Wildman–Crippen MR) is 128 cm³/mol. The molecule has 6 aromatic rings. The molecule has 3 heteroatoms. The normalized spacial score (nSPS) is 11.4. The van der Waals surface area contributed by atoms with Gasteiger partial charge in [-0.15, -0.1) is 0 Å². The van der Waals surface area contributed by atoms with Crippen molar-refractivity contribution in [2.75, 3.05) is 0 Å². The lowest BCUT2D eigenvalue weighted by atomic mass is 9.94. The van der Waals surface area contributed by atoms with Crippen LogP contribution in [0.4, 0.5) is 0 Å². The van der Waals surface area contributed by atoms with E-state index < -0.39 is 0 Å². The Hall–Kier alpha value is -4.11. The van der Waals surface area contributed by atoms with Crippen molar-refractivity contribution in [3.63, 3.8) is 0 Å². The standard InChI is InChI=1S/C28H19N3/c1-18-11-13-19(14-12-18)23-17-24-21-9-5-15-29-27(21)28-22(10-6-16-30-28)26(24)31-25(23)20-7-3-2-4-8-20/h2-17H,1H3. The van der Waals surface area contributed by atoms with Crippen molar-refractivity contribution in [3.05, 3.63) is 103 Å². The van der Waals surface area contributed by atoms with Gasteiger partial charge in [-0.2, -0.15) is 0 Å². The molecule has 0 amide bonds. The van der Waals surface area contributed by atoms with E-state index in [1.165, 1.54) is 5.56 Å². The van der Waals surface area contributed by atoms with E-state index in [2.05, 4.69) is 83.6 Å². The highest BCUT2D eigenvalue weighted by Crippen LogP contribution is 2.38. The monoisotopic (exact) mass is 397 g/mol. The third-order valence-corrected chi connectivity index (χ3v) is 5.82. The molecule has 3 aromatic carbocycles. The summed E-state index contributed by atoms with van der Waals surface area (Å²) in [6.45, 7) is 2.11. The highest BCUT2D eigenvalue weighted by Gasteiger charge is 2.16. The highest BCUT2D eigenvalue weighted by atomic mass is 14.8. The van der Waals surface area contributed by atoms with E-state index in [0.29, 0.717) is 0 Å². The average molecular weight is 397 g/mol. The Morgan fingerprint density at radius 1 is 0.548 bits per heavy atom. The third kappa shape index (κ3) is 2.86. The molecule has 31 heavy (non-hydrogen) atoms. The summed E-state index contributed by atoms with van der Waals surface area (Å²) in [6.07, 6.45) is 3.65. The number of hydrogen-bond donors (Lipinski definition) is 0. The van der Waals surface area contributed by atoms with Crippen LogP contribution in [0, 0.1) is 6.92 Å². The predicted octanol–water partition coefficient (Wildman–Crippen LogP) is 6.97. The van der Waals surface area contributed by atoms with Crippen molar-refractivity contribution < 1.29 is 0 Å². The van der Waals surface area contributed by atoms with Crippen LogP contribution in [0.2, 0.25) is 0 Å². The number of aryl methyl sites for hydroxylation is 1. The van der Waals surface area contributed by atoms with Gasteiger partial charge < -0.3 is 0 Å². The Morgan fingerprint density at radius 3 is 1.97 bits per heavy atom. The van der Waals surface area contributed by atoms with Gasteiger partial charge in [0.05, 0.1) is 22.2 Å². The molecule has 0 spiro atoms. The van der Waals surface area contributed by atoms with E-state index in [0.717, 1.165) is 55.1 Å². The van der Waals surface area contributed by atoms with Crippen LogP contribution in [0.1, 0.15) is 5.56 Å². The topological polar surface area (TPSA) is 38.7 Å². The molecule has 0 saturated heterocycles. The van der Waals surface area contributed by atoms with Gasteiger partial charge >= 0.3 is 0 Å². The molecule has 3 heterocycles. The lowest BCUT2D eigenvalue weighted by Crippen LogP contribution is -1.95. The van der Waals surface area contributed by atoms with Crippen molar-refractivity contribution in [1.29, 1.82) is 0 Å². The summed E-state index contributed by atoms with van der Waals surface area (Å²) in [5.41, 5.74) is 8.35. The zero-order chi connectivity index (χ0) is 20.8. The lowest BCUT2D eigenvalue weighted by Gasteiger charge is -2.15. The van der Waals surface area contributed by atoms with E-state index in [-0.39, 0.29) is 0 Å². The van der Waals surface area contributed by atoms with Crippen LogP contribution in [0.3, 0.4) is 0 Å². The minimum Gasteiger partial charge on any atom is -0.254 e. The molecule has 0 radical (unpaired) electrons. The van der Waals surface area contributed by atoms with Crippen molar-refractivity contribution in [1.82, 2.24) is 15.0 Å². The largest absolute Gasteiger partial charge is 0.254 e. The molecule has 0 atom stereocenters. The highest BCUT2D eigenvalue weighted by molar-refractivity contribution is 6.22. The summed E-state index contributed by atoms with van der Waals surface area (Å²) in [7, 11) is 0. The summed E-state index contributed by atoms with van der Waals surface area (Å²) in [4.78, 5) is 14.6. The first-order chi connectivity index (χ1) is 15.3. The van der Waals surface area contributed by atoms with Gasteiger partial charge in [-0.05, 0) is 36.8 Å². The van der Waals surface area contributed by atoms with E-state index >= 15 is 0 Å². The van der Waals surface area contributed by atoms with Gasteiger partial charge in [0.25, 0.3) is 0 Å². The van der Waals surface area contributed by atoms with Crippen molar-refractivity contribution in [2.24, 2.45) is 0 Å². The second-order valence-corrected chi connectivity index (χ2v) is 7.81. The minimum absolute atomic E-state index is 0.889. The molecule has 3 aromatic heterocycles. The smallest absolute Gasteiger partial charge is 0.0986 e. The number of hydrogen-bond acceptors (Lipinski definition) is 3. The van der Waals surface area contributed by atoms with Crippen LogP contribution >= 0.6 is 0 Å². The fraction of sp³-hybridized carbons (Fsp3) is 0.0357. The Balaban J connectivity index is 1.81. The number of fused-ring (bicyclic) bond motifs is 6. The maximum atomic E-state index is 5.25. The van der Waals surface area contributed by atoms with Crippen LogP contribution in [0.25, 0.3) is 55.1 Å². The number of nitrogens with zero attached hydrogens (tertiary/aromatic N) is 3. The zero-order valence-electron chi connectivity index (χ0n) is 17.1. The van der Waals surface area contributed by atoms with E-state index in [9.17, 15) is 0 Å². The van der Waals surface area contributed by atoms with Crippen molar-refractivity contribution >= 4 is 32.7 Å². The molecule has 0 aliphatic rings. The van der Waals surface area contributed by atoms with Crippen molar-refractivity contribution in [2.45, 2.75) is 6.92 Å². The lowest BCUT2D eigenvalue weighted by molar-refractivity contribution is 1.36. The van der Waals surface area contributed by atoms with Gasteiger partial charge in [-0.3, -0.25) is 9.97 Å². The summed E-state index contributed by atoms with van der Waals surface area (Å²) in [5, 5.41) is 3.19. The number of benzene rings is 3. The SMILES string of the molecule is Cc1ccc(-c2cc3c4cccnc4c4ncccc4c3nc2-c2ccccc2)cc1. The molecule has 6 rings (SSSR count). The molecule has 0 fully saturated rings. The van der Waals surface area contributed by atoms with Crippen LogP contribution < -0.4 is 0 Å². The number of pyridine rings is 3. The maximum Gasteiger partial charge on any atom is 0.0986 e. The second-order valence-electron chi connectivity index (χ2n) is 7.81. The summed E-state index contributed by atoms with van der Waals surface area (Å²) in [5.74, 6) is 0. The van der Waals surface area contributed by atoms with Crippen LogP contribution in [0.15, 0.2) is 97.3 Å². The second kappa shape index (κ2) is 6.99. The van der Waals surface area contributed by atoms with Crippen LogP contribution in [-0.2, 0) is 0 Å². The summed E-state index contributed by atoms with van der Waals surface area (Å²) >= 11 is 0. The van der Waals surface area contributed by atoms with Crippen molar-refractivity contribution in [3.8, 4) is 22.4 Å². The van der Waals surface area contributed by atoms with Gasteiger partial charge in [-0.1, -0.05) is 66.2 Å². The Kier molecular flexibility index (Phi) is 4.00. The molecule has 0 aliphatic heterocycles. The number of rotatable bonds is 2. The molecule has 0 saturated carbocycles. The first-order valence-corrected chi connectivity index (χ1v) is 10.4. The molecular formula is C28H19N3. The third-order valence-electron chi connectivity index (χ3n) is 5.82. The maximum absolute atomic E-state index is 5.25. The fourth-order valence-electron chi connectivity index (χ4n) is 4.29. The first-order valence-electron chi connectivity index (χ1n) is 10.4. The molecule has 0 unspecified atom stereocenters. The van der Waals surface area contributed by atoms with Gasteiger partial charge in [0.1, 0.15) is 0 Å². The van der Waals surface area contributed by atoms with Gasteiger partial charge in [-0.25, -0.2) is 4.98 Å². The van der Waals surface area contributed by atoms with E-state index in [4.69, 9.17) is 4.98 Å². The Morgan fingerprint density at radius 2 is 1.23 bits per heavy atom. The zero-order valence-corrected chi connectivity index (χ0v) is 17.1. The fourth-order valence-corrected chi connectivity index (χ4v) is 4.29. The quantitative estimate of drug-likeness (QED) is 0.296. The summed E-state index contributed by atoms with van der Waals surface area (Å²) < 4.78 is 0. The Bertz CT molecular complexity index is 1570. The van der Waals surface area contributed by atoms with Crippen LogP contribution in [0.5, 0.6) is 0 Å². The first kappa shape index (κ1) is 17.7. The molecule has 0 aliphatic carbocycles.